The Morgan fingerprint density at radius 3 is 2.90 bits per heavy atom. The fourth-order valence-electron chi connectivity index (χ4n) is 1.70. The number of carbonyl (C=O) groups excluding carboxylic acids is 1. The van der Waals surface area contributed by atoms with Crippen LogP contribution in [-0.4, -0.2) is 16.1 Å². The van der Waals surface area contributed by atoms with Crippen molar-refractivity contribution in [2.45, 2.75) is 18.8 Å². The van der Waals surface area contributed by atoms with Crippen LogP contribution in [0.1, 0.15) is 29.3 Å². The summed E-state index contributed by atoms with van der Waals surface area (Å²) in [6.45, 7) is 0. The van der Waals surface area contributed by atoms with Gasteiger partial charge in [0.05, 0.1) is 0 Å². The van der Waals surface area contributed by atoms with Crippen LogP contribution in [0.15, 0.2) is 34.8 Å². The number of hydrogen-bond donors (Lipinski definition) is 1. The predicted molar refractivity (Wildman–Crippen MR) is 83.7 cm³/mol. The number of amides is 1. The van der Waals surface area contributed by atoms with Gasteiger partial charge in [-0.1, -0.05) is 45.5 Å². The molecule has 0 saturated heterocycles. The highest BCUT2D eigenvalue weighted by atomic mass is 79.9. The molecule has 3 rings (SSSR count). The van der Waals surface area contributed by atoms with Gasteiger partial charge in [0.15, 0.2) is 0 Å². The summed E-state index contributed by atoms with van der Waals surface area (Å²) in [7, 11) is 0. The first-order valence-electron chi connectivity index (χ1n) is 6.29. The number of halogens is 1. The van der Waals surface area contributed by atoms with Crippen LogP contribution in [0, 0.1) is 0 Å². The zero-order valence-corrected chi connectivity index (χ0v) is 12.9. The van der Waals surface area contributed by atoms with Gasteiger partial charge in [-0.3, -0.25) is 10.1 Å². The van der Waals surface area contributed by atoms with Crippen molar-refractivity contribution in [1.82, 2.24) is 10.2 Å². The van der Waals surface area contributed by atoms with Gasteiger partial charge in [-0.25, -0.2) is 0 Å². The van der Waals surface area contributed by atoms with Crippen LogP contribution in [-0.2, 0) is 4.79 Å². The Kier molecular flexibility index (Phi) is 3.93. The Bertz CT molecular complexity index is 664. The zero-order valence-electron chi connectivity index (χ0n) is 10.5. The van der Waals surface area contributed by atoms with Crippen LogP contribution in [0.25, 0.3) is 6.08 Å². The molecule has 0 aliphatic heterocycles. The summed E-state index contributed by atoms with van der Waals surface area (Å²) in [5.74, 6) is 0.369. The third-order valence-corrected chi connectivity index (χ3v) is 4.64. The quantitative estimate of drug-likeness (QED) is 0.853. The fourth-order valence-corrected chi connectivity index (χ4v) is 3.04. The average molecular weight is 350 g/mol. The highest BCUT2D eigenvalue weighted by Gasteiger charge is 2.27. The maximum Gasteiger partial charge on any atom is 0.250 e. The number of nitrogens with zero attached hydrogens (tertiary/aromatic N) is 2. The second-order valence-corrected chi connectivity index (χ2v) is 6.43. The predicted octanol–water partition coefficient (Wildman–Crippen LogP) is 3.83. The van der Waals surface area contributed by atoms with E-state index in [0.29, 0.717) is 11.0 Å². The summed E-state index contributed by atoms with van der Waals surface area (Å²) in [6, 6.07) is 7.73. The standard InChI is InChI=1S/C14H12BrN3OS/c15-11-4-2-1-3-9(11)7-8-12(19)16-14-18-17-13(20-14)10-5-6-10/h1-4,7-8,10H,5-6H2,(H,16,18,19)/b8-7+. The number of nitrogens with one attached hydrogen (secondary N) is 1. The fraction of sp³-hybridized carbons (Fsp3) is 0.214. The zero-order chi connectivity index (χ0) is 13.9. The first kappa shape index (κ1) is 13.5. The van der Waals surface area contributed by atoms with Gasteiger partial charge < -0.3 is 0 Å². The maximum absolute atomic E-state index is 11.8. The van der Waals surface area contributed by atoms with Gasteiger partial charge in [0.2, 0.25) is 11.0 Å². The van der Waals surface area contributed by atoms with Crippen molar-refractivity contribution in [2.75, 3.05) is 5.32 Å². The molecule has 1 N–H and O–H groups in total. The second kappa shape index (κ2) is 5.85. The molecule has 0 unspecified atom stereocenters. The number of anilines is 1. The molecule has 0 atom stereocenters. The first-order valence-corrected chi connectivity index (χ1v) is 7.90. The molecule has 1 saturated carbocycles. The van der Waals surface area contributed by atoms with Gasteiger partial charge >= 0.3 is 0 Å². The molecule has 1 aliphatic carbocycles. The van der Waals surface area contributed by atoms with Crippen LogP contribution >= 0.6 is 27.3 Å². The van der Waals surface area contributed by atoms with Gasteiger partial charge in [-0.2, -0.15) is 0 Å². The third kappa shape index (κ3) is 3.32. The van der Waals surface area contributed by atoms with Gasteiger partial charge in [0, 0.05) is 16.5 Å². The van der Waals surface area contributed by atoms with Crippen LogP contribution in [0.4, 0.5) is 5.13 Å². The Morgan fingerprint density at radius 1 is 1.35 bits per heavy atom. The lowest BCUT2D eigenvalue weighted by molar-refractivity contribution is -0.111. The van der Waals surface area contributed by atoms with Crippen molar-refractivity contribution in [1.29, 1.82) is 0 Å². The van der Waals surface area contributed by atoms with Crippen molar-refractivity contribution in [3.05, 3.63) is 45.4 Å². The normalized spacial score (nSPS) is 14.7. The minimum absolute atomic E-state index is 0.195. The Balaban J connectivity index is 1.62. The third-order valence-electron chi connectivity index (χ3n) is 2.92. The molecule has 1 fully saturated rings. The molecule has 6 heteroatoms. The average Bonchev–Trinajstić information content (AvgIpc) is 3.19. The molecule has 102 valence electrons. The van der Waals surface area contributed by atoms with E-state index < -0.39 is 0 Å². The summed E-state index contributed by atoms with van der Waals surface area (Å²) in [6.07, 6.45) is 5.63. The van der Waals surface area contributed by atoms with Gasteiger partial charge in [0.1, 0.15) is 5.01 Å². The highest BCUT2D eigenvalue weighted by Crippen LogP contribution is 2.42. The van der Waals surface area contributed by atoms with Crippen LogP contribution < -0.4 is 5.32 Å². The molecule has 1 aromatic carbocycles. The number of benzene rings is 1. The number of hydrogen-bond acceptors (Lipinski definition) is 4. The number of carbonyl (C=O) groups is 1. The molecular weight excluding hydrogens is 338 g/mol. The van der Waals surface area contributed by atoms with E-state index in [1.165, 1.54) is 30.3 Å². The van der Waals surface area contributed by atoms with E-state index in [0.717, 1.165) is 15.0 Å². The number of rotatable bonds is 4. The van der Waals surface area contributed by atoms with Crippen molar-refractivity contribution in [2.24, 2.45) is 0 Å². The minimum atomic E-state index is -0.195. The van der Waals surface area contributed by atoms with E-state index in [9.17, 15) is 4.79 Å². The molecule has 0 radical (unpaired) electrons. The summed E-state index contributed by atoms with van der Waals surface area (Å²) >= 11 is 4.90. The van der Waals surface area contributed by atoms with Gasteiger partial charge in [-0.15, -0.1) is 10.2 Å². The van der Waals surface area contributed by atoms with Gasteiger partial charge in [0.25, 0.3) is 0 Å². The van der Waals surface area contributed by atoms with E-state index in [1.807, 2.05) is 24.3 Å². The maximum atomic E-state index is 11.8. The second-order valence-electron chi connectivity index (χ2n) is 4.56. The monoisotopic (exact) mass is 349 g/mol. The molecule has 1 amide bonds. The molecule has 0 bridgehead atoms. The Morgan fingerprint density at radius 2 is 2.15 bits per heavy atom. The molecule has 4 nitrogen and oxygen atoms in total. The van der Waals surface area contributed by atoms with E-state index in [4.69, 9.17) is 0 Å². The summed E-state index contributed by atoms with van der Waals surface area (Å²) < 4.78 is 0.955. The van der Waals surface area contributed by atoms with E-state index in [2.05, 4.69) is 31.4 Å². The van der Waals surface area contributed by atoms with Crippen molar-refractivity contribution >= 4 is 44.4 Å². The van der Waals surface area contributed by atoms with Gasteiger partial charge in [-0.05, 0) is 30.5 Å². The van der Waals surface area contributed by atoms with Crippen molar-refractivity contribution in [3.8, 4) is 0 Å². The van der Waals surface area contributed by atoms with E-state index >= 15 is 0 Å². The van der Waals surface area contributed by atoms with E-state index in [-0.39, 0.29) is 5.91 Å². The van der Waals surface area contributed by atoms with Crippen molar-refractivity contribution in [3.63, 3.8) is 0 Å². The van der Waals surface area contributed by atoms with E-state index in [1.54, 1.807) is 6.08 Å². The summed E-state index contributed by atoms with van der Waals surface area (Å²) in [4.78, 5) is 11.8. The largest absolute Gasteiger partial charge is 0.297 e. The lowest BCUT2D eigenvalue weighted by Gasteiger charge is -1.97. The molecule has 20 heavy (non-hydrogen) atoms. The van der Waals surface area contributed by atoms with Crippen LogP contribution in [0.5, 0.6) is 0 Å². The number of aromatic nitrogens is 2. The van der Waals surface area contributed by atoms with Crippen LogP contribution in [0.2, 0.25) is 0 Å². The lowest BCUT2D eigenvalue weighted by Crippen LogP contribution is -2.07. The molecule has 2 aromatic rings. The molecule has 1 aromatic heterocycles. The topological polar surface area (TPSA) is 54.9 Å². The molecular formula is C14H12BrN3OS. The summed E-state index contributed by atoms with van der Waals surface area (Å²) in [5, 5.41) is 12.4. The minimum Gasteiger partial charge on any atom is -0.297 e. The molecule has 1 heterocycles. The molecule has 0 spiro atoms. The first-order chi connectivity index (χ1) is 9.72. The van der Waals surface area contributed by atoms with Crippen LogP contribution in [0.3, 0.4) is 0 Å². The summed E-state index contributed by atoms with van der Waals surface area (Å²) in [5.41, 5.74) is 0.957. The van der Waals surface area contributed by atoms with Crippen molar-refractivity contribution < 1.29 is 4.79 Å². The SMILES string of the molecule is O=C(/C=C/c1ccccc1Br)Nc1nnc(C2CC2)s1. The highest BCUT2D eigenvalue weighted by molar-refractivity contribution is 9.10. The lowest BCUT2D eigenvalue weighted by atomic mass is 10.2. The smallest absolute Gasteiger partial charge is 0.250 e. The Hall–Kier alpha value is -1.53. The Labute approximate surface area is 129 Å². The molecule has 1 aliphatic rings.